The van der Waals surface area contributed by atoms with Crippen LogP contribution in [-0.4, -0.2) is 11.1 Å². The van der Waals surface area contributed by atoms with Gasteiger partial charge in [-0.3, -0.25) is 4.79 Å². The highest BCUT2D eigenvalue weighted by atomic mass is 16.5. The van der Waals surface area contributed by atoms with Crippen molar-refractivity contribution >= 4 is 22.7 Å². The topological polar surface area (TPSA) is 55.1 Å². The third-order valence-corrected chi connectivity index (χ3v) is 2.84. The van der Waals surface area contributed by atoms with Crippen molar-refractivity contribution in [3.63, 3.8) is 0 Å². The highest BCUT2D eigenvalue weighted by Gasteiger charge is 2.10. The fourth-order valence-electron chi connectivity index (χ4n) is 1.93. The molecule has 0 aliphatic heterocycles. The number of nitrogens with one attached hydrogen (secondary N) is 1. The highest BCUT2D eigenvalue weighted by molar-refractivity contribution is 5.99. The van der Waals surface area contributed by atoms with Crippen molar-refractivity contribution in [1.29, 1.82) is 0 Å². The number of carbonyl (C=O) groups is 1. The van der Waals surface area contributed by atoms with Crippen molar-refractivity contribution in [1.82, 2.24) is 5.16 Å². The van der Waals surface area contributed by atoms with Crippen LogP contribution in [0.5, 0.6) is 0 Å². The van der Waals surface area contributed by atoms with E-state index in [-0.39, 0.29) is 5.91 Å². The van der Waals surface area contributed by atoms with Crippen LogP contribution in [0.2, 0.25) is 0 Å². The lowest BCUT2D eigenvalue weighted by Gasteiger charge is -2.01. The van der Waals surface area contributed by atoms with Crippen molar-refractivity contribution in [2.24, 2.45) is 0 Å². The second kappa shape index (κ2) is 4.94. The lowest BCUT2D eigenvalue weighted by atomic mass is 10.1. The summed E-state index contributed by atoms with van der Waals surface area (Å²) in [7, 11) is 0. The van der Waals surface area contributed by atoms with Crippen LogP contribution in [0.25, 0.3) is 11.0 Å². The van der Waals surface area contributed by atoms with Crippen molar-refractivity contribution in [2.45, 2.75) is 6.42 Å². The number of nitrogens with zero attached hydrogens (tertiary/aromatic N) is 1. The van der Waals surface area contributed by atoms with Crippen LogP contribution in [0.15, 0.2) is 59.1 Å². The number of carbonyl (C=O) groups excluding carboxylic acids is 1. The highest BCUT2D eigenvalue weighted by Crippen LogP contribution is 2.22. The Bertz CT molecular complexity index is 704. The van der Waals surface area contributed by atoms with Gasteiger partial charge < -0.3 is 9.84 Å². The van der Waals surface area contributed by atoms with Crippen molar-refractivity contribution in [3.8, 4) is 0 Å². The smallest absolute Gasteiger partial charge is 0.230 e. The van der Waals surface area contributed by atoms with Crippen LogP contribution in [0.4, 0.5) is 5.82 Å². The lowest BCUT2D eigenvalue weighted by Crippen LogP contribution is -2.14. The first-order valence-electron chi connectivity index (χ1n) is 6.01. The summed E-state index contributed by atoms with van der Waals surface area (Å²) in [5.74, 6) is 0.363. The summed E-state index contributed by atoms with van der Waals surface area (Å²) in [4.78, 5) is 11.9. The van der Waals surface area contributed by atoms with Gasteiger partial charge in [0.2, 0.25) is 5.91 Å². The molecule has 0 saturated carbocycles. The second-order valence-corrected chi connectivity index (χ2v) is 4.24. The van der Waals surface area contributed by atoms with E-state index in [1.807, 2.05) is 54.6 Å². The number of hydrogen-bond acceptors (Lipinski definition) is 3. The standard InChI is InChI=1S/C15H12N2O2/c18-14(10-11-6-2-1-3-7-11)16-15-12-8-4-5-9-13(12)19-17-15/h1-9H,10H2,(H,16,17,18). The van der Waals surface area contributed by atoms with Crippen LogP contribution < -0.4 is 5.32 Å². The summed E-state index contributed by atoms with van der Waals surface area (Å²) in [6.45, 7) is 0. The molecule has 2 aromatic carbocycles. The molecule has 1 aromatic heterocycles. The zero-order chi connectivity index (χ0) is 13.1. The Morgan fingerprint density at radius 2 is 1.79 bits per heavy atom. The van der Waals surface area contributed by atoms with Crippen LogP contribution in [0, 0.1) is 0 Å². The van der Waals surface area contributed by atoms with E-state index in [0.29, 0.717) is 17.8 Å². The van der Waals surface area contributed by atoms with Gasteiger partial charge in [0.15, 0.2) is 11.4 Å². The van der Waals surface area contributed by atoms with Gasteiger partial charge in [0, 0.05) is 0 Å². The summed E-state index contributed by atoms with van der Waals surface area (Å²) < 4.78 is 5.14. The van der Waals surface area contributed by atoms with Crippen LogP contribution in [0.1, 0.15) is 5.56 Å². The van der Waals surface area contributed by atoms with Gasteiger partial charge in [-0.15, -0.1) is 0 Å². The Hall–Kier alpha value is -2.62. The summed E-state index contributed by atoms with van der Waals surface area (Å²) in [6.07, 6.45) is 0.321. The Morgan fingerprint density at radius 1 is 1.05 bits per heavy atom. The summed E-state index contributed by atoms with van der Waals surface area (Å²) in [6, 6.07) is 17.0. The minimum atomic E-state index is -0.106. The van der Waals surface area contributed by atoms with E-state index in [9.17, 15) is 4.79 Å². The molecule has 3 rings (SSSR count). The van der Waals surface area contributed by atoms with Gasteiger partial charge >= 0.3 is 0 Å². The molecule has 1 amide bonds. The predicted molar refractivity (Wildman–Crippen MR) is 72.8 cm³/mol. The first-order valence-corrected chi connectivity index (χ1v) is 6.01. The van der Waals surface area contributed by atoms with E-state index in [1.165, 1.54) is 0 Å². The molecule has 4 nitrogen and oxygen atoms in total. The molecule has 1 N–H and O–H groups in total. The zero-order valence-corrected chi connectivity index (χ0v) is 10.2. The summed E-state index contributed by atoms with van der Waals surface area (Å²) in [5.41, 5.74) is 1.63. The molecule has 0 spiro atoms. The van der Waals surface area contributed by atoms with E-state index in [2.05, 4.69) is 10.5 Å². The molecule has 1 heterocycles. The van der Waals surface area contributed by atoms with Crippen molar-refractivity contribution in [2.75, 3.05) is 5.32 Å². The number of anilines is 1. The average Bonchev–Trinajstić information content (AvgIpc) is 2.83. The van der Waals surface area contributed by atoms with Crippen molar-refractivity contribution in [3.05, 3.63) is 60.2 Å². The SMILES string of the molecule is O=C(Cc1ccccc1)Nc1noc2ccccc12. The van der Waals surface area contributed by atoms with Crippen molar-refractivity contribution < 1.29 is 9.32 Å². The number of benzene rings is 2. The fraction of sp³-hybridized carbons (Fsp3) is 0.0667. The van der Waals surface area contributed by atoms with E-state index in [4.69, 9.17) is 4.52 Å². The molecule has 94 valence electrons. The van der Waals surface area contributed by atoms with E-state index < -0.39 is 0 Å². The third-order valence-electron chi connectivity index (χ3n) is 2.84. The maximum absolute atomic E-state index is 11.9. The van der Waals surface area contributed by atoms with E-state index in [1.54, 1.807) is 0 Å². The maximum Gasteiger partial charge on any atom is 0.230 e. The number of hydrogen-bond donors (Lipinski definition) is 1. The normalized spacial score (nSPS) is 10.5. The molecule has 0 saturated heterocycles. The van der Waals surface area contributed by atoms with E-state index in [0.717, 1.165) is 10.9 Å². The summed E-state index contributed by atoms with van der Waals surface area (Å²) in [5, 5.41) is 7.45. The maximum atomic E-state index is 11.9. The largest absolute Gasteiger partial charge is 0.354 e. The number of fused-ring (bicyclic) bond motifs is 1. The van der Waals surface area contributed by atoms with Gasteiger partial charge in [-0.05, 0) is 17.7 Å². The monoisotopic (exact) mass is 252 g/mol. The van der Waals surface area contributed by atoms with Gasteiger partial charge in [-0.1, -0.05) is 47.6 Å². The van der Waals surface area contributed by atoms with Gasteiger partial charge in [0.05, 0.1) is 11.8 Å². The molecular weight excluding hydrogens is 240 g/mol. The molecule has 0 bridgehead atoms. The van der Waals surface area contributed by atoms with Gasteiger partial charge in [-0.2, -0.15) is 0 Å². The number of para-hydroxylation sites is 1. The molecule has 3 aromatic rings. The first kappa shape index (κ1) is 11.5. The molecular formula is C15H12N2O2. The molecule has 0 radical (unpaired) electrons. The Kier molecular flexibility index (Phi) is 2.98. The Morgan fingerprint density at radius 3 is 2.63 bits per heavy atom. The average molecular weight is 252 g/mol. The van der Waals surface area contributed by atoms with Gasteiger partial charge in [0.25, 0.3) is 0 Å². The van der Waals surface area contributed by atoms with E-state index >= 15 is 0 Å². The predicted octanol–water partition coefficient (Wildman–Crippen LogP) is 3.01. The molecule has 0 atom stereocenters. The number of aromatic nitrogens is 1. The minimum Gasteiger partial charge on any atom is -0.354 e. The van der Waals surface area contributed by atoms with Crippen LogP contribution >= 0.6 is 0 Å². The third kappa shape index (κ3) is 2.47. The van der Waals surface area contributed by atoms with Crippen LogP contribution in [0.3, 0.4) is 0 Å². The Balaban J connectivity index is 1.76. The zero-order valence-electron chi connectivity index (χ0n) is 10.2. The molecule has 0 unspecified atom stereocenters. The molecule has 0 aliphatic rings. The minimum absolute atomic E-state index is 0.106. The quantitative estimate of drug-likeness (QED) is 0.779. The number of rotatable bonds is 3. The summed E-state index contributed by atoms with van der Waals surface area (Å²) >= 11 is 0. The first-order chi connectivity index (χ1) is 9.33. The molecule has 0 aliphatic carbocycles. The van der Waals surface area contributed by atoms with Crippen LogP contribution in [-0.2, 0) is 11.2 Å². The number of amides is 1. The fourth-order valence-corrected chi connectivity index (χ4v) is 1.93. The molecule has 0 fully saturated rings. The molecule has 4 heteroatoms. The van der Waals surface area contributed by atoms with Gasteiger partial charge in [-0.25, -0.2) is 0 Å². The molecule has 19 heavy (non-hydrogen) atoms. The lowest BCUT2D eigenvalue weighted by molar-refractivity contribution is -0.115. The second-order valence-electron chi connectivity index (χ2n) is 4.24. The Labute approximate surface area is 110 Å². The van der Waals surface area contributed by atoms with Gasteiger partial charge in [0.1, 0.15) is 0 Å².